The van der Waals surface area contributed by atoms with Gasteiger partial charge in [-0.2, -0.15) is 0 Å². The first kappa shape index (κ1) is 22.4. The molecule has 4 nitrogen and oxygen atoms in total. The average molecular weight is 248 g/mol. The van der Waals surface area contributed by atoms with Crippen LogP contribution in [0.5, 0.6) is 0 Å². The molecule has 0 spiro atoms. The molecule has 0 aromatic heterocycles. The van der Waals surface area contributed by atoms with Crippen molar-refractivity contribution in [3.05, 3.63) is 0 Å². The molecule has 0 atom stereocenters. The van der Waals surface area contributed by atoms with Gasteiger partial charge in [-0.3, -0.25) is 0 Å². The molecule has 8 heteroatoms. The molecule has 0 rings (SSSR count). The second-order valence-electron chi connectivity index (χ2n) is 0.192. The van der Waals surface area contributed by atoms with Crippen molar-refractivity contribution in [2.75, 3.05) is 0 Å². The fourth-order valence-electron chi connectivity index (χ4n) is 0. The Labute approximate surface area is 130 Å². The van der Waals surface area contributed by atoms with Crippen LogP contribution in [0.2, 0.25) is 0 Å². The van der Waals surface area contributed by atoms with Crippen molar-refractivity contribution < 1.29 is 18.8 Å². The minimum atomic E-state index is -1.75. The van der Waals surface area contributed by atoms with E-state index in [9.17, 15) is 0 Å². The third-order valence-electron chi connectivity index (χ3n) is 0. The molecule has 0 saturated carbocycles. The van der Waals surface area contributed by atoms with E-state index in [-0.39, 0.29) is 86.1 Å². The fraction of sp³-hybridized carbons (Fsp3) is 0. The first-order chi connectivity index (χ1) is 2.83. The van der Waals surface area contributed by atoms with Crippen LogP contribution >= 0.6 is 0 Å². The van der Waals surface area contributed by atoms with Crippen LogP contribution in [0.25, 0.3) is 0 Å². The molecule has 0 aliphatic carbocycles. The van der Waals surface area contributed by atoms with Crippen molar-refractivity contribution in [2.24, 2.45) is 0 Å². The maximum absolute atomic E-state index is 8.46. The molecule has 0 aromatic carbocycles. The van der Waals surface area contributed by atoms with Crippen molar-refractivity contribution in [2.45, 2.75) is 0 Å². The van der Waals surface area contributed by atoms with Crippen LogP contribution in [0.15, 0.2) is 0 Å². The quantitative estimate of drug-likeness (QED) is 0.410. The van der Waals surface area contributed by atoms with Crippen LogP contribution in [0, 0.1) is 0 Å². The number of hydrogen-bond donors (Lipinski definition) is 0. The van der Waals surface area contributed by atoms with Crippen molar-refractivity contribution in [3.8, 4) is 0 Å². The summed E-state index contributed by atoms with van der Waals surface area (Å²) in [5.41, 5.74) is 0. The molecule has 0 aromatic rings. The van der Waals surface area contributed by atoms with Gasteiger partial charge in [0.25, 0.3) is 0 Å². The summed E-state index contributed by atoms with van der Waals surface area (Å²) in [7, 11) is 0. The summed E-state index contributed by atoms with van der Waals surface area (Å²) in [6.07, 6.45) is 0. The predicted octanol–water partition coefficient (Wildman–Crippen LogP) is -3.91. The van der Waals surface area contributed by atoms with Crippen molar-refractivity contribution in [1.82, 2.24) is 0 Å². The Morgan fingerprint density at radius 2 is 1.12 bits per heavy atom. The van der Waals surface area contributed by atoms with Gasteiger partial charge in [-0.25, -0.2) is 0 Å². The molecular weight excluding hydrogens is 246 g/mol. The zero-order valence-corrected chi connectivity index (χ0v) is 12.2. The number of rotatable bonds is 0. The van der Waals surface area contributed by atoms with Gasteiger partial charge in [0.05, 0.1) is 0 Å². The second kappa shape index (κ2) is 32.4. The Hall–Kier alpha value is 3.01. The molecule has 0 fully saturated rings. The Balaban J connectivity index is -0.00000000571. The van der Waals surface area contributed by atoms with E-state index in [1.54, 1.807) is 0 Å². The van der Waals surface area contributed by atoms with Gasteiger partial charge in [-0.15, -0.1) is 0 Å². The van der Waals surface area contributed by atoms with Crippen molar-refractivity contribution in [3.63, 3.8) is 0 Å². The van der Waals surface area contributed by atoms with Crippen LogP contribution in [-0.4, -0.2) is 114 Å². The first-order valence-corrected chi connectivity index (χ1v) is 2.83. The standard InChI is InChI=1S/2Al.Ca.4O.Sr.2H/q;;+2;;;2*-1;+2;2*-1. The average Bonchev–Trinajstić information content (AvgIpc) is 1.39. The molecule has 0 saturated heterocycles. The summed E-state index contributed by atoms with van der Waals surface area (Å²) in [5.74, 6) is 0. The fourth-order valence-corrected chi connectivity index (χ4v) is 0. The largest absolute Gasteiger partial charge is 2.00 e. The van der Waals surface area contributed by atoms with E-state index in [2.05, 4.69) is 0 Å². The minimum Gasteiger partial charge on any atom is 2.00 e. The van der Waals surface area contributed by atoms with E-state index in [4.69, 9.17) is 15.9 Å². The molecule has 0 bridgehead atoms. The van der Waals surface area contributed by atoms with E-state index in [0.29, 0.717) is 0 Å². The van der Waals surface area contributed by atoms with E-state index in [0.717, 1.165) is 0 Å². The molecule has 0 heterocycles. The van der Waals surface area contributed by atoms with Gasteiger partial charge in [0.1, 0.15) is 0 Å². The van der Waals surface area contributed by atoms with Gasteiger partial charge in [-0.05, 0) is 0 Å². The molecule has 0 unspecified atom stereocenters. The Kier molecular flexibility index (Phi) is 90.9. The van der Waals surface area contributed by atoms with Crippen molar-refractivity contribution >= 4 is 114 Å². The number of hydrogen-bond acceptors (Lipinski definition) is 4. The third kappa shape index (κ3) is 63.9. The van der Waals surface area contributed by atoms with E-state index in [1.165, 1.54) is 0 Å². The molecular formula is H2Al2CaO4Sr. The van der Waals surface area contributed by atoms with Gasteiger partial charge < -0.3 is 2.85 Å². The Bertz CT molecular complexity index is 42.2. The van der Waals surface area contributed by atoms with Gasteiger partial charge >= 0.3 is 130 Å². The van der Waals surface area contributed by atoms with E-state index in [1.807, 2.05) is 0 Å². The molecule has 8 heavy (non-hydrogen) atoms. The monoisotopic (exact) mass is 248 g/mol. The minimum absolute atomic E-state index is 0. The van der Waals surface area contributed by atoms with Crippen molar-refractivity contribution in [1.29, 1.82) is 0 Å². The SMILES string of the molecule is [Ca+2].[H-].[H-].[O]=[Al][O-].[O]=[Al][O-].[Sr+2]. The van der Waals surface area contributed by atoms with Crippen LogP contribution in [0.1, 0.15) is 2.85 Å². The topological polar surface area (TPSA) is 80.3 Å². The van der Waals surface area contributed by atoms with Crippen LogP contribution in [-0.2, 0) is 7.61 Å². The van der Waals surface area contributed by atoms with Gasteiger partial charge in [0.2, 0.25) is 0 Å². The Morgan fingerprint density at radius 3 is 1.12 bits per heavy atom. The molecule has 36 valence electrons. The summed E-state index contributed by atoms with van der Waals surface area (Å²) < 4.78 is 33.8. The summed E-state index contributed by atoms with van der Waals surface area (Å²) in [5, 5.41) is 0. The molecule has 0 radical (unpaired) electrons. The zero-order valence-electron chi connectivity index (χ0n) is 6.20. The van der Waals surface area contributed by atoms with Gasteiger partial charge in [-0.1, -0.05) is 0 Å². The molecule has 0 N–H and O–H groups in total. The summed E-state index contributed by atoms with van der Waals surface area (Å²) in [6.45, 7) is 0. The summed E-state index contributed by atoms with van der Waals surface area (Å²) in [4.78, 5) is 0. The normalized spacial score (nSPS) is 2.00. The molecule has 0 amide bonds. The maximum Gasteiger partial charge on any atom is 2.00 e. The van der Waals surface area contributed by atoms with E-state index < -0.39 is 31.0 Å². The summed E-state index contributed by atoms with van der Waals surface area (Å²) >= 11 is -3.50. The van der Waals surface area contributed by atoms with Crippen LogP contribution in [0.3, 0.4) is 0 Å². The summed E-state index contributed by atoms with van der Waals surface area (Å²) in [6, 6.07) is 0. The smallest absolute Gasteiger partial charge is 2.00 e. The maximum atomic E-state index is 8.46. The third-order valence-corrected chi connectivity index (χ3v) is 0. The first-order valence-electron chi connectivity index (χ1n) is 0.943. The van der Waals surface area contributed by atoms with Gasteiger partial charge in [0.15, 0.2) is 0 Å². The second-order valence-corrected chi connectivity index (χ2v) is 0.577. The van der Waals surface area contributed by atoms with Crippen LogP contribution < -0.4 is 8.32 Å². The predicted molar refractivity (Wildman–Crippen MR) is 26.6 cm³/mol. The van der Waals surface area contributed by atoms with E-state index >= 15 is 0 Å². The molecule has 0 aliphatic heterocycles. The van der Waals surface area contributed by atoms with Crippen LogP contribution in [0.4, 0.5) is 0 Å². The zero-order chi connectivity index (χ0) is 5.41. The van der Waals surface area contributed by atoms with Gasteiger partial charge in [0, 0.05) is 0 Å². The molecule has 0 aliphatic rings. The Morgan fingerprint density at radius 1 is 1.12 bits per heavy atom.